The summed E-state index contributed by atoms with van der Waals surface area (Å²) in [6.45, 7) is 0. The molecule has 1 aliphatic heterocycles. The van der Waals surface area contributed by atoms with E-state index in [1.807, 2.05) is 6.20 Å². The minimum Gasteiger partial charge on any atom is -0.255 e. The minimum atomic E-state index is 1.04. The number of aryl methyl sites for hydroxylation is 1. The largest absolute Gasteiger partial charge is 0.255 e. The number of nitrogens with zero attached hydrogens (tertiary/aromatic N) is 1. The van der Waals surface area contributed by atoms with Gasteiger partial charge in [-0.2, -0.15) is 0 Å². The van der Waals surface area contributed by atoms with Crippen molar-refractivity contribution in [1.82, 2.24) is 5.32 Å². The van der Waals surface area contributed by atoms with Crippen molar-refractivity contribution in [3.63, 3.8) is 0 Å². The minimum absolute atomic E-state index is 1.04. The summed E-state index contributed by atoms with van der Waals surface area (Å²) < 4.78 is 0. The van der Waals surface area contributed by atoms with Crippen molar-refractivity contribution in [2.45, 2.75) is 19.3 Å². The van der Waals surface area contributed by atoms with E-state index in [9.17, 15) is 0 Å². The Balaban J connectivity index is 2.18. The van der Waals surface area contributed by atoms with Gasteiger partial charge in [0.25, 0.3) is 0 Å². The van der Waals surface area contributed by atoms with Crippen molar-refractivity contribution in [1.29, 1.82) is 0 Å². The van der Waals surface area contributed by atoms with Gasteiger partial charge < -0.3 is 0 Å². The molecule has 2 heteroatoms. The Morgan fingerprint density at radius 2 is 2.00 bits per heavy atom. The highest BCUT2D eigenvalue weighted by molar-refractivity contribution is 7.84. The third-order valence-corrected chi connectivity index (χ3v) is 3.44. The van der Waals surface area contributed by atoms with Crippen molar-refractivity contribution in [3.05, 3.63) is 52.1 Å². The highest BCUT2D eigenvalue weighted by Gasteiger charge is 2.22. The summed E-state index contributed by atoms with van der Waals surface area (Å²) in [7, 11) is 0. The molecule has 1 nitrogen and oxygen atoms in total. The molecule has 0 fully saturated rings. The van der Waals surface area contributed by atoms with E-state index in [0.29, 0.717) is 0 Å². The molecule has 0 atom stereocenters. The van der Waals surface area contributed by atoms with E-state index in [2.05, 4.69) is 42.2 Å². The number of hydrogen-bond donors (Lipinski definition) is 1. The molecule has 0 aromatic heterocycles. The van der Waals surface area contributed by atoms with Crippen LogP contribution in [0.25, 0.3) is 5.70 Å². The fraction of sp³-hybridized carbons (Fsp3) is 0.231. The maximum atomic E-state index is 4.48. The van der Waals surface area contributed by atoms with Crippen LogP contribution in [0.2, 0.25) is 0 Å². The lowest BCUT2D eigenvalue weighted by Crippen LogP contribution is -1.96. The van der Waals surface area contributed by atoms with E-state index in [1.54, 1.807) is 0 Å². The summed E-state index contributed by atoms with van der Waals surface area (Å²) in [5.41, 5.74) is 5.18. The Morgan fingerprint density at radius 1 is 1.13 bits per heavy atom. The lowest BCUT2D eigenvalue weighted by Gasteiger charge is -2.07. The Hall–Kier alpha value is -1.15. The zero-order valence-electron chi connectivity index (χ0n) is 8.40. The summed E-state index contributed by atoms with van der Waals surface area (Å²) in [5.74, 6) is 0. The quantitative estimate of drug-likeness (QED) is 0.638. The van der Waals surface area contributed by atoms with Gasteiger partial charge in [0.05, 0.1) is 5.70 Å². The predicted octanol–water partition coefficient (Wildman–Crippen LogP) is 3.12. The van der Waals surface area contributed by atoms with Gasteiger partial charge in [-0.3, -0.25) is 5.32 Å². The first kappa shape index (κ1) is 9.10. The number of thiol groups is 1. The number of benzene rings is 1. The van der Waals surface area contributed by atoms with Gasteiger partial charge in [0.15, 0.2) is 0 Å². The Kier molecular flexibility index (Phi) is 2.10. The van der Waals surface area contributed by atoms with Gasteiger partial charge in [-0.25, -0.2) is 0 Å². The molecule has 2 aliphatic rings. The van der Waals surface area contributed by atoms with E-state index in [4.69, 9.17) is 0 Å². The molecule has 0 spiro atoms. The average Bonchev–Trinajstić information content (AvgIpc) is 2.53. The Bertz CT molecular complexity index is 471. The molecule has 1 heterocycles. The molecule has 0 amide bonds. The summed E-state index contributed by atoms with van der Waals surface area (Å²) in [5, 5.41) is 4.48. The van der Waals surface area contributed by atoms with Gasteiger partial charge in [0, 0.05) is 16.7 Å². The third kappa shape index (κ3) is 1.40. The van der Waals surface area contributed by atoms with Crippen molar-refractivity contribution >= 4 is 18.3 Å². The van der Waals surface area contributed by atoms with E-state index < -0.39 is 0 Å². The van der Waals surface area contributed by atoms with E-state index in [0.717, 1.165) is 23.4 Å². The van der Waals surface area contributed by atoms with Crippen LogP contribution in [0.5, 0.6) is 0 Å². The van der Waals surface area contributed by atoms with Crippen LogP contribution in [0.3, 0.4) is 0 Å². The van der Waals surface area contributed by atoms with Gasteiger partial charge in [-0.05, 0) is 30.4 Å². The van der Waals surface area contributed by atoms with Crippen LogP contribution in [0.15, 0.2) is 40.9 Å². The van der Waals surface area contributed by atoms with Crippen LogP contribution >= 0.6 is 12.6 Å². The zero-order valence-corrected chi connectivity index (χ0v) is 9.30. The lowest BCUT2D eigenvalue weighted by atomic mass is 10.0. The predicted molar refractivity (Wildman–Crippen MR) is 65.5 cm³/mol. The SMILES string of the molecule is SC1=C[N]C2=C1CCCc1ccccc12. The number of hydrogen-bond acceptors (Lipinski definition) is 1. The molecule has 0 bridgehead atoms. The van der Waals surface area contributed by atoms with E-state index in [1.165, 1.54) is 23.1 Å². The van der Waals surface area contributed by atoms with Gasteiger partial charge in [0.1, 0.15) is 0 Å². The van der Waals surface area contributed by atoms with Gasteiger partial charge in [-0.1, -0.05) is 24.3 Å². The maximum absolute atomic E-state index is 4.48. The van der Waals surface area contributed by atoms with Crippen molar-refractivity contribution in [2.75, 3.05) is 0 Å². The number of fused-ring (bicyclic) bond motifs is 2. The van der Waals surface area contributed by atoms with Crippen LogP contribution in [0, 0.1) is 0 Å². The van der Waals surface area contributed by atoms with Crippen LogP contribution in [-0.2, 0) is 6.42 Å². The molecule has 1 aromatic rings. The van der Waals surface area contributed by atoms with Gasteiger partial charge in [-0.15, -0.1) is 12.6 Å². The fourth-order valence-electron chi connectivity index (χ4n) is 2.31. The van der Waals surface area contributed by atoms with E-state index >= 15 is 0 Å². The van der Waals surface area contributed by atoms with Crippen LogP contribution < -0.4 is 5.32 Å². The maximum Gasteiger partial charge on any atom is 0.0748 e. The van der Waals surface area contributed by atoms with Gasteiger partial charge >= 0.3 is 0 Å². The normalized spacial score (nSPS) is 18.9. The molecule has 0 saturated heterocycles. The standard InChI is InChI=1S/C13H12NS/c15-12-8-14-13-10-6-2-1-4-9(10)5-3-7-11(12)13/h1-2,4,6,8,15H,3,5,7H2. The summed E-state index contributed by atoms with van der Waals surface area (Å²) in [4.78, 5) is 1.04. The van der Waals surface area contributed by atoms with Crippen LogP contribution in [-0.4, -0.2) is 0 Å². The molecule has 75 valence electrons. The molecule has 0 saturated carbocycles. The fourth-order valence-corrected chi connectivity index (χ4v) is 2.58. The van der Waals surface area contributed by atoms with E-state index in [-0.39, 0.29) is 0 Å². The topological polar surface area (TPSA) is 14.1 Å². The molecule has 3 rings (SSSR count). The zero-order chi connectivity index (χ0) is 10.3. The van der Waals surface area contributed by atoms with Crippen LogP contribution in [0.4, 0.5) is 0 Å². The first-order valence-corrected chi connectivity index (χ1v) is 5.73. The molecule has 0 unspecified atom stereocenters. The highest BCUT2D eigenvalue weighted by Crippen LogP contribution is 2.37. The molecular weight excluding hydrogens is 202 g/mol. The van der Waals surface area contributed by atoms with Crippen LogP contribution in [0.1, 0.15) is 24.0 Å². The average molecular weight is 214 g/mol. The smallest absolute Gasteiger partial charge is 0.0748 e. The monoisotopic (exact) mass is 214 g/mol. The lowest BCUT2D eigenvalue weighted by molar-refractivity contribution is 0.833. The Morgan fingerprint density at radius 3 is 2.93 bits per heavy atom. The first-order valence-electron chi connectivity index (χ1n) is 5.28. The number of allylic oxidation sites excluding steroid dienone is 1. The highest BCUT2D eigenvalue weighted by atomic mass is 32.1. The van der Waals surface area contributed by atoms with Crippen molar-refractivity contribution < 1.29 is 0 Å². The number of rotatable bonds is 0. The summed E-state index contributed by atoms with van der Waals surface area (Å²) >= 11 is 4.46. The first-order chi connectivity index (χ1) is 7.36. The van der Waals surface area contributed by atoms with Crippen molar-refractivity contribution in [2.24, 2.45) is 0 Å². The molecular formula is C13H12NS. The molecule has 1 aromatic carbocycles. The second-order valence-electron chi connectivity index (χ2n) is 3.98. The third-order valence-electron chi connectivity index (χ3n) is 3.06. The van der Waals surface area contributed by atoms with Gasteiger partial charge in [0.2, 0.25) is 0 Å². The summed E-state index contributed by atoms with van der Waals surface area (Å²) in [6, 6.07) is 8.56. The molecule has 0 N–H and O–H groups in total. The molecule has 1 aliphatic carbocycles. The second-order valence-corrected chi connectivity index (χ2v) is 4.46. The second kappa shape index (κ2) is 3.46. The summed E-state index contributed by atoms with van der Waals surface area (Å²) in [6.07, 6.45) is 5.32. The van der Waals surface area contributed by atoms with Crippen molar-refractivity contribution in [3.8, 4) is 0 Å². The Labute approximate surface area is 95.3 Å². The molecule has 1 radical (unpaired) electrons. The molecule has 15 heavy (non-hydrogen) atoms.